The van der Waals surface area contributed by atoms with Crippen LogP contribution in [0.4, 0.5) is 0 Å². The normalized spacial score (nSPS) is 18.6. The van der Waals surface area contributed by atoms with E-state index < -0.39 is 0 Å². The van der Waals surface area contributed by atoms with Crippen LogP contribution in [0.15, 0.2) is 29.3 Å². The molecule has 0 aliphatic carbocycles. The quantitative estimate of drug-likeness (QED) is 0.836. The summed E-state index contributed by atoms with van der Waals surface area (Å²) in [6.45, 7) is 7.59. The van der Waals surface area contributed by atoms with Crippen molar-refractivity contribution in [1.82, 2.24) is 10.2 Å². The molecule has 1 aromatic rings. The molecule has 0 aromatic heterocycles. The Labute approximate surface area is 121 Å². The first-order valence-electron chi connectivity index (χ1n) is 5.89. The van der Waals surface area contributed by atoms with Gasteiger partial charge in [0.15, 0.2) is 0 Å². The van der Waals surface area contributed by atoms with Gasteiger partial charge in [-0.2, -0.15) is 0 Å². The Morgan fingerprint density at radius 2 is 2.11 bits per heavy atom. The fraction of sp³-hybridized carbons (Fsp3) is 0.385. The molecule has 2 rings (SSSR count). The summed E-state index contributed by atoms with van der Waals surface area (Å²) in [5.74, 6) is 0.200. The van der Waals surface area contributed by atoms with Crippen LogP contribution in [0, 0.1) is 0 Å². The number of phenols is 1. The highest BCUT2D eigenvalue weighted by Gasteiger charge is 2.25. The predicted molar refractivity (Wildman–Crippen MR) is 78.2 cm³/mol. The zero-order valence-electron chi connectivity index (χ0n) is 10.00. The molecule has 1 heterocycles. The Balaban J connectivity index is 2.37. The fourth-order valence-corrected chi connectivity index (χ4v) is 2.86. The van der Waals surface area contributed by atoms with E-state index in [0.29, 0.717) is 9.50 Å². The van der Waals surface area contributed by atoms with Crippen LogP contribution in [0.25, 0.3) is 0 Å². The first-order valence-corrected chi connectivity index (χ1v) is 7.06. The van der Waals surface area contributed by atoms with Gasteiger partial charge in [-0.3, -0.25) is 4.90 Å². The molecule has 1 atom stereocenters. The number of phenolic OH excluding ortho intramolecular Hbond substituents is 1. The van der Waals surface area contributed by atoms with Crippen LogP contribution in [0.5, 0.6) is 5.75 Å². The smallest absolute Gasteiger partial charge is 0.136 e. The minimum Gasteiger partial charge on any atom is -0.506 e. The summed E-state index contributed by atoms with van der Waals surface area (Å²) in [5, 5.41) is 14.1. The zero-order chi connectivity index (χ0) is 13.1. The van der Waals surface area contributed by atoms with Crippen LogP contribution in [0.3, 0.4) is 0 Å². The highest BCUT2D eigenvalue weighted by atomic mass is 79.9. The summed E-state index contributed by atoms with van der Waals surface area (Å²) < 4.78 is 0.656. The molecule has 0 unspecified atom stereocenters. The molecule has 18 heavy (non-hydrogen) atoms. The van der Waals surface area contributed by atoms with Crippen molar-refractivity contribution in [3.05, 3.63) is 39.8 Å². The molecule has 1 saturated heterocycles. The van der Waals surface area contributed by atoms with Gasteiger partial charge in [-0.15, -0.1) is 6.58 Å². The predicted octanol–water partition coefficient (Wildman–Crippen LogP) is 2.94. The Hall–Kier alpha value is -0.550. The summed E-state index contributed by atoms with van der Waals surface area (Å²) >= 11 is 9.55. The van der Waals surface area contributed by atoms with E-state index in [9.17, 15) is 5.11 Å². The second-order valence-electron chi connectivity index (χ2n) is 4.26. The second-order valence-corrected chi connectivity index (χ2v) is 5.52. The monoisotopic (exact) mass is 330 g/mol. The van der Waals surface area contributed by atoms with Crippen molar-refractivity contribution in [2.45, 2.75) is 6.04 Å². The molecule has 0 amide bonds. The van der Waals surface area contributed by atoms with E-state index in [2.05, 4.69) is 32.7 Å². The number of hydrogen-bond donors (Lipinski definition) is 2. The maximum atomic E-state index is 10.2. The molecule has 1 fully saturated rings. The van der Waals surface area contributed by atoms with Crippen LogP contribution in [-0.4, -0.2) is 36.2 Å². The summed E-state index contributed by atoms with van der Waals surface area (Å²) in [4.78, 5) is 2.26. The summed E-state index contributed by atoms with van der Waals surface area (Å²) in [6, 6.07) is 3.48. The number of nitrogens with one attached hydrogen (secondary N) is 1. The highest BCUT2D eigenvalue weighted by molar-refractivity contribution is 9.10. The molecule has 3 nitrogen and oxygen atoms in total. The van der Waals surface area contributed by atoms with Gasteiger partial charge >= 0.3 is 0 Å². The molecular weight excluding hydrogens is 316 g/mol. The van der Waals surface area contributed by atoms with Gasteiger partial charge < -0.3 is 10.4 Å². The standard InChI is InChI=1S/C13H16BrClN2O/c1-2-11(17-7-5-16-6-8-17)12-10(15)4-3-9(14)13(12)18/h2-4,11,16,18H,1,5-8H2/t11-/m1/s1. The minimum atomic E-state index is -0.0582. The van der Waals surface area contributed by atoms with Crippen molar-refractivity contribution in [2.75, 3.05) is 26.2 Å². The minimum absolute atomic E-state index is 0.0582. The van der Waals surface area contributed by atoms with Crippen molar-refractivity contribution in [3.8, 4) is 5.75 Å². The molecule has 2 N–H and O–H groups in total. The van der Waals surface area contributed by atoms with E-state index in [1.165, 1.54) is 0 Å². The number of halogens is 2. The van der Waals surface area contributed by atoms with E-state index in [-0.39, 0.29) is 11.8 Å². The summed E-state index contributed by atoms with van der Waals surface area (Å²) in [6.07, 6.45) is 1.83. The number of benzene rings is 1. The molecular formula is C13H16BrClN2O. The van der Waals surface area contributed by atoms with Gasteiger partial charge in [0, 0.05) is 36.8 Å². The molecule has 5 heteroatoms. The third-order valence-electron chi connectivity index (χ3n) is 3.18. The molecule has 0 radical (unpaired) electrons. The van der Waals surface area contributed by atoms with E-state index in [1.54, 1.807) is 12.1 Å². The van der Waals surface area contributed by atoms with E-state index in [1.807, 2.05) is 6.08 Å². The second kappa shape index (κ2) is 6.06. The van der Waals surface area contributed by atoms with Crippen LogP contribution in [-0.2, 0) is 0 Å². The Kier molecular flexibility index (Phi) is 4.67. The van der Waals surface area contributed by atoms with Gasteiger partial charge in [-0.05, 0) is 28.1 Å². The van der Waals surface area contributed by atoms with Crippen LogP contribution in [0.1, 0.15) is 11.6 Å². The van der Waals surface area contributed by atoms with E-state index >= 15 is 0 Å². The molecule has 98 valence electrons. The number of piperazine rings is 1. The molecule has 0 spiro atoms. The van der Waals surface area contributed by atoms with Crippen LogP contribution >= 0.6 is 27.5 Å². The van der Waals surface area contributed by atoms with Gasteiger partial charge in [0.2, 0.25) is 0 Å². The summed E-state index contributed by atoms with van der Waals surface area (Å²) in [5.41, 5.74) is 0.725. The molecule has 1 aliphatic heterocycles. The zero-order valence-corrected chi connectivity index (χ0v) is 12.3. The van der Waals surface area contributed by atoms with Gasteiger partial charge in [0.25, 0.3) is 0 Å². The average molecular weight is 332 g/mol. The Morgan fingerprint density at radius 3 is 2.72 bits per heavy atom. The molecule has 0 bridgehead atoms. The topological polar surface area (TPSA) is 35.5 Å². The average Bonchev–Trinajstić information content (AvgIpc) is 2.40. The van der Waals surface area contributed by atoms with Gasteiger partial charge in [-0.25, -0.2) is 0 Å². The Bertz CT molecular complexity index is 447. The maximum absolute atomic E-state index is 10.2. The SMILES string of the molecule is C=C[C@H](c1c(Cl)ccc(Br)c1O)N1CCNCC1. The van der Waals surface area contributed by atoms with Crippen molar-refractivity contribution in [2.24, 2.45) is 0 Å². The van der Waals surface area contributed by atoms with Crippen molar-refractivity contribution < 1.29 is 5.11 Å². The lowest BCUT2D eigenvalue weighted by Crippen LogP contribution is -2.44. The van der Waals surface area contributed by atoms with E-state index in [4.69, 9.17) is 11.6 Å². The fourth-order valence-electron chi connectivity index (χ4n) is 2.25. The van der Waals surface area contributed by atoms with E-state index in [0.717, 1.165) is 31.7 Å². The van der Waals surface area contributed by atoms with Crippen molar-refractivity contribution >= 4 is 27.5 Å². The highest BCUT2D eigenvalue weighted by Crippen LogP contribution is 2.39. The first-order chi connectivity index (χ1) is 8.65. The number of hydrogen-bond acceptors (Lipinski definition) is 3. The van der Waals surface area contributed by atoms with Crippen LogP contribution < -0.4 is 5.32 Å². The number of nitrogens with zero attached hydrogens (tertiary/aromatic N) is 1. The van der Waals surface area contributed by atoms with Gasteiger partial charge in [-0.1, -0.05) is 17.7 Å². The van der Waals surface area contributed by atoms with Crippen molar-refractivity contribution in [1.29, 1.82) is 0 Å². The Morgan fingerprint density at radius 1 is 1.44 bits per heavy atom. The summed E-state index contributed by atoms with van der Waals surface area (Å²) in [7, 11) is 0. The van der Waals surface area contributed by atoms with Crippen LogP contribution in [0.2, 0.25) is 5.02 Å². The van der Waals surface area contributed by atoms with Crippen molar-refractivity contribution in [3.63, 3.8) is 0 Å². The lowest BCUT2D eigenvalue weighted by Gasteiger charge is -2.34. The number of rotatable bonds is 3. The third kappa shape index (κ3) is 2.72. The first kappa shape index (κ1) is 13.9. The molecule has 1 aromatic carbocycles. The largest absolute Gasteiger partial charge is 0.506 e. The van der Waals surface area contributed by atoms with Gasteiger partial charge in [0.05, 0.1) is 10.5 Å². The lowest BCUT2D eigenvalue weighted by molar-refractivity contribution is 0.201. The lowest BCUT2D eigenvalue weighted by atomic mass is 10.0. The van der Waals surface area contributed by atoms with Gasteiger partial charge in [0.1, 0.15) is 5.75 Å². The molecule has 1 aliphatic rings. The number of aromatic hydroxyl groups is 1. The maximum Gasteiger partial charge on any atom is 0.136 e. The third-order valence-corrected chi connectivity index (χ3v) is 4.15. The molecule has 0 saturated carbocycles.